The first kappa shape index (κ1) is 21.4. The van der Waals surface area contributed by atoms with Crippen LogP contribution in [0.2, 0.25) is 0 Å². The second-order valence-corrected chi connectivity index (χ2v) is 8.71. The zero-order valence-corrected chi connectivity index (χ0v) is 19.0. The molecule has 0 N–H and O–H groups in total. The van der Waals surface area contributed by atoms with Crippen molar-refractivity contribution in [3.63, 3.8) is 0 Å². The van der Waals surface area contributed by atoms with Crippen molar-refractivity contribution < 1.29 is 19.0 Å². The Morgan fingerprint density at radius 3 is 2.82 bits per heavy atom. The highest BCUT2D eigenvalue weighted by Gasteiger charge is 2.27. The van der Waals surface area contributed by atoms with Crippen LogP contribution in [0.4, 0.5) is 5.69 Å². The van der Waals surface area contributed by atoms with E-state index in [0.717, 1.165) is 36.6 Å². The number of anilines is 1. The Labute approximate surface area is 194 Å². The minimum absolute atomic E-state index is 0.0363. The van der Waals surface area contributed by atoms with Crippen molar-refractivity contribution in [2.75, 3.05) is 25.2 Å². The Hall–Kier alpha value is -3.47. The molecule has 0 amide bonds. The summed E-state index contributed by atoms with van der Waals surface area (Å²) in [5.74, 6) is 1.39. The van der Waals surface area contributed by atoms with E-state index in [-0.39, 0.29) is 11.9 Å². The Morgan fingerprint density at radius 2 is 1.97 bits per heavy atom. The molecule has 33 heavy (non-hydrogen) atoms. The molecule has 170 valence electrons. The fourth-order valence-electron chi connectivity index (χ4n) is 4.86. The molecular formula is C28H29NO4. The van der Waals surface area contributed by atoms with E-state index >= 15 is 0 Å². The summed E-state index contributed by atoms with van der Waals surface area (Å²) in [6, 6.07) is 23.1. The van der Waals surface area contributed by atoms with E-state index in [2.05, 4.69) is 53.4 Å². The van der Waals surface area contributed by atoms with E-state index < -0.39 is 0 Å². The molecule has 2 heterocycles. The van der Waals surface area contributed by atoms with Gasteiger partial charge in [0.2, 0.25) is 0 Å². The minimum atomic E-state index is -0.217. The lowest BCUT2D eigenvalue weighted by atomic mass is 9.97. The van der Waals surface area contributed by atoms with E-state index in [1.165, 1.54) is 35.9 Å². The van der Waals surface area contributed by atoms with Gasteiger partial charge in [0.15, 0.2) is 0 Å². The topological polar surface area (TPSA) is 48.0 Å². The van der Waals surface area contributed by atoms with Gasteiger partial charge in [-0.05, 0) is 30.0 Å². The maximum absolute atomic E-state index is 11.7. The molecule has 2 aliphatic heterocycles. The summed E-state index contributed by atoms with van der Waals surface area (Å²) in [4.78, 5) is 14.1. The van der Waals surface area contributed by atoms with Crippen molar-refractivity contribution in [2.45, 2.75) is 38.3 Å². The van der Waals surface area contributed by atoms with E-state index in [4.69, 9.17) is 14.2 Å². The van der Waals surface area contributed by atoms with Gasteiger partial charge in [0.05, 0.1) is 20.1 Å². The Balaban J connectivity index is 1.32. The van der Waals surface area contributed by atoms with Crippen LogP contribution in [-0.4, -0.2) is 26.2 Å². The van der Waals surface area contributed by atoms with E-state index in [0.29, 0.717) is 19.6 Å². The first-order valence-corrected chi connectivity index (χ1v) is 11.6. The summed E-state index contributed by atoms with van der Waals surface area (Å²) in [5, 5.41) is 0. The number of hydrogen-bond donors (Lipinski definition) is 0. The molecule has 5 rings (SSSR count). The summed E-state index contributed by atoms with van der Waals surface area (Å²) >= 11 is 0. The van der Waals surface area contributed by atoms with Crippen LogP contribution >= 0.6 is 0 Å². The second kappa shape index (κ2) is 9.57. The van der Waals surface area contributed by atoms with Gasteiger partial charge in [0.25, 0.3) is 0 Å². The Kier molecular flexibility index (Phi) is 6.20. The van der Waals surface area contributed by atoms with Gasteiger partial charge in [-0.15, -0.1) is 0 Å². The minimum Gasteiger partial charge on any atom is -0.492 e. The average Bonchev–Trinajstić information content (AvgIpc) is 3.25. The SMILES string of the molecule is COC(=O)CC1COc2cc(OCc3cccc4c3N(Cc3ccccc3)CCC4)ccc21. The third-order valence-electron chi connectivity index (χ3n) is 6.51. The molecule has 5 heteroatoms. The fourth-order valence-corrected chi connectivity index (χ4v) is 4.86. The van der Waals surface area contributed by atoms with Gasteiger partial charge in [-0.1, -0.05) is 54.6 Å². The van der Waals surface area contributed by atoms with Crippen molar-refractivity contribution in [1.29, 1.82) is 0 Å². The van der Waals surface area contributed by atoms with Gasteiger partial charge in [0.1, 0.15) is 18.1 Å². The molecule has 3 aromatic carbocycles. The third kappa shape index (κ3) is 4.68. The molecule has 0 aliphatic carbocycles. The largest absolute Gasteiger partial charge is 0.492 e. The Bertz CT molecular complexity index is 1130. The molecule has 0 saturated carbocycles. The molecule has 3 aromatic rings. The van der Waals surface area contributed by atoms with Crippen molar-refractivity contribution >= 4 is 11.7 Å². The van der Waals surface area contributed by atoms with Crippen molar-refractivity contribution in [1.82, 2.24) is 0 Å². The number of hydrogen-bond acceptors (Lipinski definition) is 5. The van der Waals surface area contributed by atoms with Crippen LogP contribution in [0, 0.1) is 0 Å². The smallest absolute Gasteiger partial charge is 0.306 e. The maximum atomic E-state index is 11.7. The highest BCUT2D eigenvalue weighted by molar-refractivity contribution is 5.71. The average molecular weight is 444 g/mol. The fraction of sp³-hybridized carbons (Fsp3) is 0.321. The summed E-state index contributed by atoms with van der Waals surface area (Å²) in [6.07, 6.45) is 2.60. The molecule has 1 atom stereocenters. The quantitative estimate of drug-likeness (QED) is 0.467. The van der Waals surface area contributed by atoms with Gasteiger partial charge in [0, 0.05) is 41.9 Å². The second-order valence-electron chi connectivity index (χ2n) is 8.71. The van der Waals surface area contributed by atoms with Crippen LogP contribution in [0.3, 0.4) is 0 Å². The molecule has 0 aromatic heterocycles. The van der Waals surface area contributed by atoms with E-state index in [1.807, 2.05) is 18.2 Å². The molecule has 2 aliphatic rings. The van der Waals surface area contributed by atoms with Crippen molar-refractivity contribution in [2.24, 2.45) is 0 Å². The van der Waals surface area contributed by atoms with Crippen LogP contribution in [0.5, 0.6) is 11.5 Å². The van der Waals surface area contributed by atoms with Crippen LogP contribution in [0.1, 0.15) is 41.0 Å². The number of aryl methyl sites for hydroxylation is 1. The zero-order valence-electron chi connectivity index (χ0n) is 19.0. The monoisotopic (exact) mass is 443 g/mol. The lowest BCUT2D eigenvalue weighted by molar-refractivity contribution is -0.141. The molecule has 0 bridgehead atoms. The number of benzene rings is 3. The van der Waals surface area contributed by atoms with Crippen LogP contribution in [-0.2, 0) is 29.1 Å². The summed E-state index contributed by atoms with van der Waals surface area (Å²) in [5.41, 5.74) is 6.26. The number of ether oxygens (including phenoxy) is 3. The highest BCUT2D eigenvalue weighted by atomic mass is 16.5. The number of rotatable bonds is 7. The number of carbonyl (C=O) groups excluding carboxylic acids is 1. The number of carbonyl (C=O) groups is 1. The molecule has 1 unspecified atom stereocenters. The molecule has 0 saturated heterocycles. The van der Waals surface area contributed by atoms with Crippen molar-refractivity contribution in [3.8, 4) is 11.5 Å². The third-order valence-corrected chi connectivity index (χ3v) is 6.51. The summed E-state index contributed by atoms with van der Waals surface area (Å²) in [7, 11) is 1.42. The molecule has 5 nitrogen and oxygen atoms in total. The Morgan fingerprint density at radius 1 is 1.09 bits per heavy atom. The lowest BCUT2D eigenvalue weighted by Gasteiger charge is -2.33. The maximum Gasteiger partial charge on any atom is 0.306 e. The molecule has 0 spiro atoms. The van der Waals surface area contributed by atoms with Crippen molar-refractivity contribution in [3.05, 3.63) is 89.0 Å². The zero-order chi connectivity index (χ0) is 22.6. The van der Waals surface area contributed by atoms with Crippen LogP contribution < -0.4 is 14.4 Å². The predicted octanol–water partition coefficient (Wildman–Crippen LogP) is 5.26. The van der Waals surface area contributed by atoms with Gasteiger partial charge < -0.3 is 19.1 Å². The number of methoxy groups -OCH3 is 1. The highest BCUT2D eigenvalue weighted by Crippen LogP contribution is 2.39. The number of para-hydroxylation sites is 1. The first-order valence-electron chi connectivity index (χ1n) is 11.6. The first-order chi connectivity index (χ1) is 16.2. The summed E-state index contributed by atoms with van der Waals surface area (Å²) in [6.45, 7) is 2.94. The van der Waals surface area contributed by atoms with Crippen LogP contribution in [0.15, 0.2) is 66.7 Å². The number of nitrogens with zero attached hydrogens (tertiary/aromatic N) is 1. The number of fused-ring (bicyclic) bond motifs is 2. The number of esters is 1. The molecule has 0 fully saturated rings. The predicted molar refractivity (Wildman–Crippen MR) is 128 cm³/mol. The van der Waals surface area contributed by atoms with Gasteiger partial charge in [-0.25, -0.2) is 0 Å². The molecule has 0 radical (unpaired) electrons. The summed E-state index contributed by atoms with van der Waals surface area (Å²) < 4.78 is 16.9. The normalized spacial score (nSPS) is 16.5. The van der Waals surface area contributed by atoms with Gasteiger partial charge in [-0.2, -0.15) is 0 Å². The van der Waals surface area contributed by atoms with Crippen LogP contribution in [0.25, 0.3) is 0 Å². The van der Waals surface area contributed by atoms with Gasteiger partial charge in [-0.3, -0.25) is 4.79 Å². The lowest BCUT2D eigenvalue weighted by Crippen LogP contribution is -2.30. The molecular weight excluding hydrogens is 414 g/mol. The van der Waals surface area contributed by atoms with E-state index in [9.17, 15) is 4.79 Å². The van der Waals surface area contributed by atoms with E-state index in [1.54, 1.807) is 0 Å². The van der Waals surface area contributed by atoms with Gasteiger partial charge >= 0.3 is 5.97 Å². The standard InChI is InChI=1S/C28H29NO4/c1-31-27(30)15-23-19-33-26-16-24(12-13-25(23)26)32-18-22-10-5-9-21-11-6-14-29(28(21)22)17-20-7-3-2-4-8-20/h2-5,7-10,12-13,16,23H,6,11,14-15,17-19H2,1H3.